The zero-order valence-corrected chi connectivity index (χ0v) is 14.7. The van der Waals surface area contributed by atoms with E-state index in [0.29, 0.717) is 6.42 Å². The molecule has 0 spiro atoms. The third-order valence-electron chi connectivity index (χ3n) is 3.78. The van der Waals surface area contributed by atoms with Gasteiger partial charge in [0.25, 0.3) is 0 Å². The van der Waals surface area contributed by atoms with Gasteiger partial charge in [0.1, 0.15) is 0 Å². The van der Waals surface area contributed by atoms with Crippen LogP contribution in [0.25, 0.3) is 0 Å². The number of hydrogen-bond acceptors (Lipinski definition) is 4. The monoisotopic (exact) mass is 326 g/mol. The number of carbonyl (C=O) groups is 1. The van der Waals surface area contributed by atoms with E-state index in [1.54, 1.807) is 12.2 Å². The van der Waals surface area contributed by atoms with Gasteiger partial charge in [-0.15, -0.1) is 0 Å². The Morgan fingerprint density at radius 1 is 1.00 bits per heavy atom. The number of unbranched alkanes of at least 4 members (excludes halogenated alkanes) is 7. The largest absolute Gasteiger partial charge is 0.466 e. The Kier molecular flexibility index (Phi) is 15.0. The van der Waals surface area contributed by atoms with E-state index in [1.807, 2.05) is 0 Å². The minimum Gasteiger partial charge on any atom is -0.466 e. The fourth-order valence-electron chi connectivity index (χ4n) is 2.38. The summed E-state index contributed by atoms with van der Waals surface area (Å²) >= 11 is 0. The van der Waals surface area contributed by atoms with E-state index in [9.17, 15) is 15.0 Å². The zero-order chi connectivity index (χ0) is 17.3. The highest BCUT2D eigenvalue weighted by molar-refractivity contribution is 5.82. The molecule has 0 aromatic rings. The fourth-order valence-corrected chi connectivity index (χ4v) is 2.38. The van der Waals surface area contributed by atoms with Gasteiger partial charge in [-0.25, -0.2) is 4.79 Å². The molecular formula is C19H34O4. The van der Waals surface area contributed by atoms with Gasteiger partial charge < -0.3 is 14.9 Å². The first-order valence-corrected chi connectivity index (χ1v) is 8.89. The maximum Gasteiger partial charge on any atom is 0.330 e. The van der Waals surface area contributed by atoms with Crippen LogP contribution in [0.4, 0.5) is 0 Å². The molecule has 0 amide bonds. The lowest BCUT2D eigenvalue weighted by molar-refractivity contribution is -0.134. The number of aliphatic hydroxyl groups excluding tert-OH is 2. The summed E-state index contributed by atoms with van der Waals surface area (Å²) in [6, 6.07) is 0. The zero-order valence-electron chi connectivity index (χ0n) is 14.7. The van der Waals surface area contributed by atoms with Crippen molar-refractivity contribution in [1.82, 2.24) is 0 Å². The van der Waals surface area contributed by atoms with E-state index in [-0.39, 0.29) is 0 Å². The number of hydrogen-bond donors (Lipinski definition) is 2. The van der Waals surface area contributed by atoms with E-state index < -0.39 is 18.2 Å². The Morgan fingerprint density at radius 2 is 1.61 bits per heavy atom. The van der Waals surface area contributed by atoms with Crippen molar-refractivity contribution in [3.8, 4) is 0 Å². The van der Waals surface area contributed by atoms with Gasteiger partial charge in [0.05, 0.1) is 19.3 Å². The summed E-state index contributed by atoms with van der Waals surface area (Å²) in [5.41, 5.74) is 0. The molecule has 134 valence electrons. The molecule has 2 unspecified atom stereocenters. The molecule has 0 aliphatic heterocycles. The van der Waals surface area contributed by atoms with E-state index in [1.165, 1.54) is 57.8 Å². The summed E-state index contributed by atoms with van der Waals surface area (Å²) in [6.45, 7) is 2.22. The van der Waals surface area contributed by atoms with Gasteiger partial charge >= 0.3 is 5.97 Å². The molecule has 0 fully saturated rings. The van der Waals surface area contributed by atoms with Crippen molar-refractivity contribution in [3.63, 3.8) is 0 Å². The topological polar surface area (TPSA) is 66.8 Å². The maximum atomic E-state index is 10.8. The average Bonchev–Trinajstić information content (AvgIpc) is 2.53. The molecule has 2 N–H and O–H groups in total. The number of methoxy groups -OCH3 is 1. The summed E-state index contributed by atoms with van der Waals surface area (Å²) in [4.78, 5) is 10.8. The molecule has 2 atom stereocenters. The van der Waals surface area contributed by atoms with Crippen LogP contribution >= 0.6 is 0 Å². The van der Waals surface area contributed by atoms with Gasteiger partial charge in [-0.05, 0) is 6.42 Å². The van der Waals surface area contributed by atoms with Crippen LogP contribution in [0.2, 0.25) is 0 Å². The maximum absolute atomic E-state index is 10.8. The lowest BCUT2D eigenvalue weighted by atomic mass is 10.0. The molecule has 0 aromatic heterocycles. The second-order valence-corrected chi connectivity index (χ2v) is 5.99. The first-order valence-electron chi connectivity index (χ1n) is 8.89. The van der Waals surface area contributed by atoms with Crippen LogP contribution in [0.1, 0.15) is 71.1 Å². The first-order chi connectivity index (χ1) is 11.1. The minimum atomic E-state index is -0.693. The lowest BCUT2D eigenvalue weighted by Crippen LogP contribution is -2.15. The molecule has 0 radical (unpaired) electrons. The summed E-state index contributed by atoms with van der Waals surface area (Å²) in [6.07, 6.45) is 15.8. The number of carbonyl (C=O) groups excluding carboxylic acids is 1. The Balaban J connectivity index is 3.61. The molecule has 0 rings (SSSR count). The van der Waals surface area contributed by atoms with Crippen LogP contribution in [0.15, 0.2) is 24.3 Å². The lowest BCUT2D eigenvalue weighted by Gasteiger charge is -2.12. The average molecular weight is 326 g/mol. The van der Waals surface area contributed by atoms with Crippen LogP contribution in [-0.2, 0) is 9.53 Å². The smallest absolute Gasteiger partial charge is 0.330 e. The van der Waals surface area contributed by atoms with Gasteiger partial charge in [0.2, 0.25) is 0 Å². The number of rotatable bonds is 14. The van der Waals surface area contributed by atoms with E-state index >= 15 is 0 Å². The van der Waals surface area contributed by atoms with Gasteiger partial charge in [-0.3, -0.25) is 0 Å². The molecular weight excluding hydrogens is 292 g/mol. The SMILES string of the molecule is CCCCCCCCCCC(O)CC(O)C=CC=CC(=O)OC. The molecule has 0 bridgehead atoms. The molecule has 0 aliphatic rings. The van der Waals surface area contributed by atoms with Gasteiger partial charge in [-0.2, -0.15) is 0 Å². The van der Waals surface area contributed by atoms with Crippen molar-refractivity contribution in [2.45, 2.75) is 83.3 Å². The number of allylic oxidation sites excluding steroid dienone is 2. The van der Waals surface area contributed by atoms with Crippen molar-refractivity contribution >= 4 is 5.97 Å². The molecule has 0 heterocycles. The van der Waals surface area contributed by atoms with Crippen LogP contribution in [0.3, 0.4) is 0 Å². The van der Waals surface area contributed by atoms with Crippen LogP contribution in [0.5, 0.6) is 0 Å². The highest BCUT2D eigenvalue weighted by atomic mass is 16.5. The first kappa shape index (κ1) is 21.9. The van der Waals surface area contributed by atoms with Gasteiger partial charge in [0.15, 0.2) is 0 Å². The standard InChI is InChI=1S/C19H34O4/c1-3-4-5-6-7-8-9-10-13-17(20)16-18(21)14-11-12-15-19(22)23-2/h11-12,14-15,17-18,20-21H,3-10,13,16H2,1-2H3. The van der Waals surface area contributed by atoms with E-state index in [0.717, 1.165) is 19.3 Å². The quantitative estimate of drug-likeness (QED) is 0.220. The highest BCUT2D eigenvalue weighted by Crippen LogP contribution is 2.12. The van der Waals surface area contributed by atoms with Crippen molar-refractivity contribution in [3.05, 3.63) is 24.3 Å². The van der Waals surface area contributed by atoms with Crippen LogP contribution in [0, 0.1) is 0 Å². The van der Waals surface area contributed by atoms with Crippen molar-refractivity contribution in [1.29, 1.82) is 0 Å². The van der Waals surface area contributed by atoms with Crippen molar-refractivity contribution in [2.24, 2.45) is 0 Å². The Morgan fingerprint density at radius 3 is 2.22 bits per heavy atom. The summed E-state index contributed by atoms with van der Waals surface area (Å²) < 4.78 is 4.45. The normalized spacial score (nSPS) is 14.4. The van der Waals surface area contributed by atoms with Crippen LogP contribution < -0.4 is 0 Å². The molecule has 0 aromatic carbocycles. The molecule has 0 aliphatic carbocycles. The van der Waals surface area contributed by atoms with Gasteiger partial charge in [0, 0.05) is 12.5 Å². The second-order valence-electron chi connectivity index (χ2n) is 5.99. The molecule has 4 nitrogen and oxygen atoms in total. The van der Waals surface area contributed by atoms with E-state index in [4.69, 9.17) is 0 Å². The number of aliphatic hydroxyl groups is 2. The molecule has 0 saturated heterocycles. The van der Waals surface area contributed by atoms with E-state index in [2.05, 4.69) is 11.7 Å². The number of esters is 1. The van der Waals surface area contributed by atoms with Crippen LogP contribution in [-0.4, -0.2) is 35.5 Å². The summed E-state index contributed by atoms with van der Waals surface area (Å²) in [5, 5.41) is 19.7. The highest BCUT2D eigenvalue weighted by Gasteiger charge is 2.08. The number of ether oxygens (including phenoxy) is 1. The molecule has 4 heteroatoms. The predicted molar refractivity (Wildman–Crippen MR) is 94.2 cm³/mol. The summed E-state index contributed by atoms with van der Waals surface area (Å²) in [7, 11) is 1.31. The van der Waals surface area contributed by atoms with Crippen molar-refractivity contribution < 1.29 is 19.7 Å². The Labute approximate surface area is 141 Å². The molecule has 23 heavy (non-hydrogen) atoms. The Bertz CT molecular complexity index is 336. The second kappa shape index (κ2) is 15.8. The Hall–Kier alpha value is -1.13. The minimum absolute atomic E-state index is 0.332. The predicted octanol–water partition coefficient (Wildman–Crippen LogP) is 3.91. The molecule has 0 saturated carbocycles. The third kappa shape index (κ3) is 15.5. The fraction of sp³-hybridized carbons (Fsp3) is 0.737. The van der Waals surface area contributed by atoms with Crippen molar-refractivity contribution in [2.75, 3.05) is 7.11 Å². The third-order valence-corrected chi connectivity index (χ3v) is 3.78. The van der Waals surface area contributed by atoms with Gasteiger partial charge in [-0.1, -0.05) is 76.5 Å². The summed E-state index contributed by atoms with van der Waals surface area (Å²) in [5.74, 6) is -0.432.